The van der Waals surface area contributed by atoms with Crippen LogP contribution in [-0.4, -0.2) is 5.97 Å². The predicted octanol–water partition coefficient (Wildman–Crippen LogP) is 8.14. The Kier molecular flexibility index (Phi) is 17.3. The van der Waals surface area contributed by atoms with Gasteiger partial charge in [0.05, 0.1) is 5.57 Å². The van der Waals surface area contributed by atoms with Crippen molar-refractivity contribution in [2.45, 2.75) is 81.6 Å². The summed E-state index contributed by atoms with van der Waals surface area (Å²) in [6, 6.07) is 1.78. The second-order valence-corrected chi connectivity index (χ2v) is 7.10. The molecule has 3 nitrogen and oxygen atoms in total. The highest BCUT2D eigenvalue weighted by Gasteiger charge is 2.12. The van der Waals surface area contributed by atoms with Crippen LogP contribution in [0.2, 0.25) is 0 Å². The van der Waals surface area contributed by atoms with Crippen LogP contribution in [0.5, 0.6) is 0 Å². The molecule has 4 heteroatoms. The molecule has 0 aromatic heterocycles. The van der Waals surface area contributed by atoms with Gasteiger partial charge in [-0.15, -0.1) is 0 Å². The Morgan fingerprint density at radius 2 is 1.73 bits per heavy atom. The number of carbonyl (C=O) groups excluding carboxylic acids is 1. The summed E-state index contributed by atoms with van der Waals surface area (Å²) in [5.74, 6) is 0.369. The van der Waals surface area contributed by atoms with E-state index in [0.717, 1.165) is 6.42 Å². The topological polar surface area (TPSA) is 50.1 Å². The van der Waals surface area contributed by atoms with Crippen molar-refractivity contribution in [2.75, 3.05) is 0 Å². The van der Waals surface area contributed by atoms with E-state index in [2.05, 4.69) is 27.7 Å². The van der Waals surface area contributed by atoms with Gasteiger partial charge in [0.2, 0.25) is 0 Å². The minimum Gasteiger partial charge on any atom is -0.424 e. The van der Waals surface area contributed by atoms with E-state index < -0.39 is 11.8 Å². The van der Waals surface area contributed by atoms with Gasteiger partial charge in [0, 0.05) is 12.0 Å². The van der Waals surface area contributed by atoms with Crippen molar-refractivity contribution >= 4 is 5.97 Å². The molecule has 1 atom stereocenters. The Balaban J connectivity index is 0. The Hall–Kier alpha value is -2.41. The summed E-state index contributed by atoms with van der Waals surface area (Å²) in [6.07, 6.45) is 10.1. The van der Waals surface area contributed by atoms with Crippen molar-refractivity contribution in [1.82, 2.24) is 0 Å². The van der Waals surface area contributed by atoms with Crippen LogP contribution in [0, 0.1) is 23.2 Å². The lowest BCUT2D eigenvalue weighted by molar-refractivity contribution is -0.134. The van der Waals surface area contributed by atoms with E-state index in [1.165, 1.54) is 30.2 Å². The van der Waals surface area contributed by atoms with Crippen molar-refractivity contribution in [3.63, 3.8) is 0 Å². The first-order chi connectivity index (χ1) is 14.2. The number of carbonyl (C=O) groups is 1. The molecule has 0 fully saturated rings. The maximum atomic E-state index is 13.6. The second-order valence-electron chi connectivity index (χ2n) is 7.10. The molecule has 0 saturated heterocycles. The van der Waals surface area contributed by atoms with Crippen LogP contribution in [0.15, 0.2) is 58.7 Å². The molecule has 1 rings (SSSR count). The summed E-state index contributed by atoms with van der Waals surface area (Å²) >= 11 is 0. The fourth-order valence-electron chi connectivity index (χ4n) is 2.28. The van der Waals surface area contributed by atoms with E-state index in [1.807, 2.05) is 33.8 Å². The van der Waals surface area contributed by atoms with Gasteiger partial charge < -0.3 is 4.74 Å². The number of nitrogens with zero attached hydrogens (tertiary/aromatic N) is 1. The molecule has 0 N–H and O–H groups in total. The summed E-state index contributed by atoms with van der Waals surface area (Å²) in [4.78, 5) is 12.2. The molecule has 30 heavy (non-hydrogen) atoms. The molecule has 0 aliphatic heterocycles. The average molecular weight is 418 g/mol. The van der Waals surface area contributed by atoms with E-state index in [-0.39, 0.29) is 17.8 Å². The summed E-state index contributed by atoms with van der Waals surface area (Å²) in [7, 11) is 0. The minimum absolute atomic E-state index is 0.0477. The normalized spacial score (nSPS) is 15.1. The van der Waals surface area contributed by atoms with Crippen LogP contribution in [0.1, 0.15) is 81.6 Å². The predicted molar refractivity (Wildman–Crippen MR) is 125 cm³/mol. The molecule has 0 radical (unpaired) electrons. The molecule has 1 aliphatic rings. The molecule has 0 aromatic carbocycles. The molecule has 1 unspecified atom stereocenters. The summed E-state index contributed by atoms with van der Waals surface area (Å²) in [5.41, 5.74) is 1.64. The average Bonchev–Trinajstić information content (AvgIpc) is 2.93. The van der Waals surface area contributed by atoms with Crippen LogP contribution in [-0.2, 0) is 9.53 Å². The van der Waals surface area contributed by atoms with E-state index >= 15 is 0 Å². The van der Waals surface area contributed by atoms with Crippen molar-refractivity contribution in [3.8, 4) is 6.07 Å². The number of hydrogen-bond acceptors (Lipinski definition) is 3. The lowest BCUT2D eigenvalue weighted by Crippen LogP contribution is -2.05. The van der Waals surface area contributed by atoms with Crippen LogP contribution in [0.3, 0.4) is 0 Å². The Bertz CT molecular complexity index is 716. The third kappa shape index (κ3) is 12.2. The van der Waals surface area contributed by atoms with Gasteiger partial charge in [0.15, 0.2) is 0 Å². The van der Waals surface area contributed by atoms with Crippen molar-refractivity contribution in [3.05, 3.63) is 58.7 Å². The quantitative estimate of drug-likeness (QED) is 0.238. The Labute approximate surface area is 183 Å². The van der Waals surface area contributed by atoms with Gasteiger partial charge in [0.25, 0.3) is 0 Å². The lowest BCUT2D eigenvalue weighted by Gasteiger charge is -2.13. The maximum absolute atomic E-state index is 13.6. The van der Waals surface area contributed by atoms with Gasteiger partial charge in [-0.05, 0) is 50.3 Å². The SMILES string of the molecule is C/C(=C\C=C(/C)C(C)CCC(C)C)C(=O)OC1=CCC(F)=C(C#N)C=C1.CC.CC. The first kappa shape index (κ1) is 29.8. The Morgan fingerprint density at radius 3 is 2.27 bits per heavy atom. The van der Waals surface area contributed by atoms with Gasteiger partial charge in [0.1, 0.15) is 17.7 Å². The molecular formula is C26H40FNO2. The zero-order chi connectivity index (χ0) is 23.7. The van der Waals surface area contributed by atoms with Crippen LogP contribution < -0.4 is 0 Å². The highest BCUT2D eigenvalue weighted by molar-refractivity contribution is 5.89. The minimum atomic E-state index is -0.531. The third-order valence-electron chi connectivity index (χ3n) is 4.39. The van der Waals surface area contributed by atoms with E-state index in [4.69, 9.17) is 10.00 Å². The van der Waals surface area contributed by atoms with Gasteiger partial charge in [-0.25, -0.2) is 9.18 Å². The van der Waals surface area contributed by atoms with Crippen molar-refractivity contribution in [1.29, 1.82) is 5.26 Å². The number of nitriles is 1. The fraction of sp³-hybridized carbons (Fsp3) is 0.538. The number of rotatable bonds is 7. The lowest BCUT2D eigenvalue weighted by atomic mass is 9.93. The van der Waals surface area contributed by atoms with E-state index in [0.29, 0.717) is 17.4 Å². The monoisotopic (exact) mass is 417 g/mol. The largest absolute Gasteiger partial charge is 0.424 e. The summed E-state index contributed by atoms with van der Waals surface area (Å²) in [5, 5.41) is 8.83. The molecule has 0 amide bonds. The van der Waals surface area contributed by atoms with Gasteiger partial charge in [-0.3, -0.25) is 0 Å². The molecule has 0 heterocycles. The standard InChI is InChI=1S/C22H28FNO2.2C2H6/c1-15(2)6-7-16(3)17(4)8-9-18(5)22(25)26-20-11-10-19(14-24)21(23)13-12-20;2*1-2/h8-12,15-16H,6-7,13H2,1-5H3;2*1-2H3/b17-8+,18-9+;;. The van der Waals surface area contributed by atoms with Crippen LogP contribution in [0.4, 0.5) is 4.39 Å². The van der Waals surface area contributed by atoms with Gasteiger partial charge in [-0.1, -0.05) is 72.6 Å². The van der Waals surface area contributed by atoms with Gasteiger partial charge >= 0.3 is 5.97 Å². The number of ether oxygens (including phenoxy) is 1. The van der Waals surface area contributed by atoms with Gasteiger partial charge in [-0.2, -0.15) is 5.26 Å². The zero-order valence-corrected chi connectivity index (χ0v) is 20.3. The molecule has 0 spiro atoms. The smallest absolute Gasteiger partial charge is 0.339 e. The van der Waals surface area contributed by atoms with Crippen LogP contribution >= 0.6 is 0 Å². The first-order valence-corrected chi connectivity index (χ1v) is 11.0. The summed E-state index contributed by atoms with van der Waals surface area (Å²) in [6.45, 7) is 18.4. The molecule has 1 aliphatic carbocycles. The molecule has 0 aromatic rings. The molecule has 168 valence electrons. The number of hydrogen-bond donors (Lipinski definition) is 0. The number of esters is 1. The number of allylic oxidation sites excluding steroid dienone is 8. The summed E-state index contributed by atoms with van der Waals surface area (Å²) < 4.78 is 18.9. The first-order valence-electron chi connectivity index (χ1n) is 11.0. The highest BCUT2D eigenvalue weighted by atomic mass is 19.1. The van der Waals surface area contributed by atoms with Crippen molar-refractivity contribution < 1.29 is 13.9 Å². The molecular weight excluding hydrogens is 377 g/mol. The highest BCUT2D eigenvalue weighted by Crippen LogP contribution is 2.21. The van der Waals surface area contributed by atoms with E-state index in [1.54, 1.807) is 19.1 Å². The second kappa shape index (κ2) is 17.4. The zero-order valence-electron chi connectivity index (χ0n) is 20.3. The number of halogens is 1. The third-order valence-corrected chi connectivity index (χ3v) is 4.39. The fourth-order valence-corrected chi connectivity index (χ4v) is 2.28. The Morgan fingerprint density at radius 1 is 1.13 bits per heavy atom. The maximum Gasteiger partial charge on any atom is 0.339 e. The van der Waals surface area contributed by atoms with Crippen molar-refractivity contribution in [2.24, 2.45) is 11.8 Å². The molecule has 0 bridgehead atoms. The van der Waals surface area contributed by atoms with Crippen LogP contribution in [0.25, 0.3) is 0 Å². The molecule has 0 saturated carbocycles. The van der Waals surface area contributed by atoms with E-state index in [9.17, 15) is 9.18 Å².